The molecule has 1 atom stereocenters. The third kappa shape index (κ3) is 2.50. The Morgan fingerprint density at radius 2 is 2.05 bits per heavy atom. The molecule has 1 unspecified atom stereocenters. The topological polar surface area (TPSA) is 62.5 Å². The van der Waals surface area contributed by atoms with Crippen molar-refractivity contribution in [1.82, 2.24) is 9.88 Å². The van der Waals surface area contributed by atoms with Crippen LogP contribution in [0.4, 0.5) is 5.82 Å². The molecule has 20 heavy (non-hydrogen) atoms. The highest BCUT2D eigenvalue weighted by atomic mass is 16.2. The van der Waals surface area contributed by atoms with Crippen molar-refractivity contribution in [1.29, 1.82) is 0 Å². The van der Waals surface area contributed by atoms with E-state index >= 15 is 0 Å². The summed E-state index contributed by atoms with van der Waals surface area (Å²) >= 11 is 0. The van der Waals surface area contributed by atoms with Crippen molar-refractivity contribution in [2.75, 3.05) is 31.1 Å². The highest BCUT2D eigenvalue weighted by Crippen LogP contribution is 2.21. The van der Waals surface area contributed by atoms with E-state index in [-0.39, 0.29) is 11.9 Å². The Bertz CT molecular complexity index is 467. The van der Waals surface area contributed by atoms with E-state index in [4.69, 9.17) is 5.73 Å². The van der Waals surface area contributed by atoms with Crippen molar-refractivity contribution in [2.45, 2.75) is 31.7 Å². The number of carbonyl (C=O) groups excluding carboxylic acids is 1. The van der Waals surface area contributed by atoms with Crippen molar-refractivity contribution in [3.05, 3.63) is 23.9 Å². The first-order chi connectivity index (χ1) is 9.79. The molecule has 0 spiro atoms. The Kier molecular flexibility index (Phi) is 3.87. The molecule has 3 rings (SSSR count). The lowest BCUT2D eigenvalue weighted by Crippen LogP contribution is -2.39. The van der Waals surface area contributed by atoms with E-state index in [2.05, 4.69) is 9.88 Å². The van der Waals surface area contributed by atoms with Gasteiger partial charge >= 0.3 is 0 Å². The monoisotopic (exact) mass is 274 g/mol. The Morgan fingerprint density at radius 3 is 2.70 bits per heavy atom. The van der Waals surface area contributed by atoms with Gasteiger partial charge in [-0.1, -0.05) is 0 Å². The molecule has 3 heterocycles. The maximum Gasteiger partial charge on any atom is 0.255 e. The van der Waals surface area contributed by atoms with Crippen LogP contribution in [-0.2, 0) is 0 Å². The summed E-state index contributed by atoms with van der Waals surface area (Å²) in [6, 6.07) is 4.06. The van der Waals surface area contributed by atoms with Crippen LogP contribution in [-0.4, -0.2) is 48.0 Å². The van der Waals surface area contributed by atoms with Gasteiger partial charge in [0.15, 0.2) is 0 Å². The zero-order chi connectivity index (χ0) is 13.9. The summed E-state index contributed by atoms with van der Waals surface area (Å²) in [4.78, 5) is 21.1. The van der Waals surface area contributed by atoms with E-state index in [0.29, 0.717) is 12.1 Å². The van der Waals surface area contributed by atoms with Crippen LogP contribution in [0.25, 0.3) is 0 Å². The van der Waals surface area contributed by atoms with Gasteiger partial charge in [0.2, 0.25) is 0 Å². The second-order valence-corrected chi connectivity index (χ2v) is 5.63. The Morgan fingerprint density at radius 1 is 1.25 bits per heavy atom. The lowest BCUT2D eigenvalue weighted by atomic mass is 10.2. The van der Waals surface area contributed by atoms with Gasteiger partial charge in [-0.25, -0.2) is 4.98 Å². The third-order valence-electron chi connectivity index (χ3n) is 4.33. The van der Waals surface area contributed by atoms with Crippen LogP contribution in [0.3, 0.4) is 0 Å². The van der Waals surface area contributed by atoms with Gasteiger partial charge in [0.25, 0.3) is 5.91 Å². The first-order valence-electron chi connectivity index (χ1n) is 7.51. The molecule has 108 valence electrons. The van der Waals surface area contributed by atoms with Crippen molar-refractivity contribution in [2.24, 2.45) is 5.73 Å². The molecule has 2 N–H and O–H groups in total. The molecule has 2 saturated heterocycles. The van der Waals surface area contributed by atoms with E-state index in [0.717, 1.165) is 38.3 Å². The molecule has 0 bridgehead atoms. The highest BCUT2D eigenvalue weighted by molar-refractivity contribution is 5.94. The van der Waals surface area contributed by atoms with Gasteiger partial charge in [0.1, 0.15) is 5.82 Å². The smallest absolute Gasteiger partial charge is 0.255 e. The highest BCUT2D eigenvalue weighted by Gasteiger charge is 2.28. The summed E-state index contributed by atoms with van der Waals surface area (Å²) in [5, 5.41) is 0. The van der Waals surface area contributed by atoms with Gasteiger partial charge in [0.05, 0.1) is 5.56 Å². The Balaban J connectivity index is 1.72. The number of rotatable bonds is 3. The molecule has 1 aromatic rings. The maximum atomic E-state index is 12.5. The SMILES string of the molecule is NCC1CCCN1C(=O)c1ccc(N2CCCC2)nc1. The molecule has 1 aromatic heterocycles. The number of pyridine rings is 1. The number of aromatic nitrogens is 1. The molecule has 0 aliphatic carbocycles. The minimum atomic E-state index is 0.0680. The Labute approximate surface area is 119 Å². The number of amides is 1. The molecule has 5 heteroatoms. The zero-order valence-electron chi connectivity index (χ0n) is 11.8. The fourth-order valence-electron chi connectivity index (χ4n) is 3.16. The van der Waals surface area contributed by atoms with Crippen molar-refractivity contribution >= 4 is 11.7 Å². The minimum absolute atomic E-state index is 0.0680. The lowest BCUT2D eigenvalue weighted by Gasteiger charge is -2.23. The summed E-state index contributed by atoms with van der Waals surface area (Å²) in [5.41, 5.74) is 6.41. The number of likely N-dealkylation sites (tertiary alicyclic amines) is 1. The van der Waals surface area contributed by atoms with Gasteiger partial charge in [0, 0.05) is 38.4 Å². The average Bonchev–Trinajstić information content (AvgIpc) is 3.17. The summed E-state index contributed by atoms with van der Waals surface area (Å²) in [6.07, 6.45) is 6.24. The molecular weight excluding hydrogens is 252 g/mol. The second-order valence-electron chi connectivity index (χ2n) is 5.63. The van der Waals surface area contributed by atoms with Crippen LogP contribution in [0, 0.1) is 0 Å². The van der Waals surface area contributed by atoms with E-state index in [1.54, 1.807) is 6.20 Å². The molecule has 0 aromatic carbocycles. The van der Waals surface area contributed by atoms with Crippen molar-refractivity contribution in [3.63, 3.8) is 0 Å². The van der Waals surface area contributed by atoms with Crippen LogP contribution in [0.2, 0.25) is 0 Å². The van der Waals surface area contributed by atoms with E-state index in [1.165, 1.54) is 12.8 Å². The standard InChI is InChI=1S/C15H22N4O/c16-10-13-4-3-9-19(13)15(20)12-5-6-14(17-11-12)18-7-1-2-8-18/h5-6,11,13H,1-4,7-10,16H2. The normalized spacial score (nSPS) is 22.6. The number of carbonyl (C=O) groups is 1. The summed E-state index contributed by atoms with van der Waals surface area (Å²) < 4.78 is 0. The molecular formula is C15H22N4O. The Hall–Kier alpha value is -1.62. The maximum absolute atomic E-state index is 12.5. The number of hydrogen-bond donors (Lipinski definition) is 1. The van der Waals surface area contributed by atoms with Crippen LogP contribution in [0.15, 0.2) is 18.3 Å². The molecule has 2 aliphatic heterocycles. The third-order valence-corrected chi connectivity index (χ3v) is 4.33. The predicted octanol–water partition coefficient (Wildman–Crippen LogP) is 1.25. The predicted molar refractivity (Wildman–Crippen MR) is 78.8 cm³/mol. The molecule has 5 nitrogen and oxygen atoms in total. The van der Waals surface area contributed by atoms with Crippen LogP contribution < -0.4 is 10.6 Å². The fourth-order valence-corrected chi connectivity index (χ4v) is 3.16. The fraction of sp³-hybridized carbons (Fsp3) is 0.600. The summed E-state index contributed by atoms with van der Waals surface area (Å²) in [7, 11) is 0. The number of hydrogen-bond acceptors (Lipinski definition) is 4. The molecule has 0 radical (unpaired) electrons. The van der Waals surface area contributed by atoms with Crippen molar-refractivity contribution in [3.8, 4) is 0 Å². The number of nitrogens with two attached hydrogens (primary N) is 1. The first-order valence-corrected chi connectivity index (χ1v) is 7.51. The largest absolute Gasteiger partial charge is 0.357 e. The van der Waals surface area contributed by atoms with Gasteiger partial charge in [-0.05, 0) is 37.8 Å². The quantitative estimate of drug-likeness (QED) is 0.901. The zero-order valence-corrected chi connectivity index (χ0v) is 11.8. The van der Waals surface area contributed by atoms with Gasteiger partial charge < -0.3 is 15.5 Å². The van der Waals surface area contributed by atoms with Crippen LogP contribution >= 0.6 is 0 Å². The van der Waals surface area contributed by atoms with Gasteiger partial charge in [-0.2, -0.15) is 0 Å². The number of anilines is 1. The van der Waals surface area contributed by atoms with Crippen molar-refractivity contribution < 1.29 is 4.79 Å². The molecule has 0 saturated carbocycles. The summed E-state index contributed by atoms with van der Waals surface area (Å²) in [5.74, 6) is 1.05. The molecule has 1 amide bonds. The second kappa shape index (κ2) is 5.79. The average molecular weight is 274 g/mol. The van der Waals surface area contributed by atoms with E-state index in [9.17, 15) is 4.79 Å². The van der Waals surface area contributed by atoms with Gasteiger partial charge in [-0.15, -0.1) is 0 Å². The first kappa shape index (κ1) is 13.4. The van der Waals surface area contributed by atoms with Crippen LogP contribution in [0.1, 0.15) is 36.0 Å². The summed E-state index contributed by atoms with van der Waals surface area (Å²) in [6.45, 7) is 3.50. The van der Waals surface area contributed by atoms with Crippen LogP contribution in [0.5, 0.6) is 0 Å². The number of nitrogens with zero attached hydrogens (tertiary/aromatic N) is 3. The molecule has 2 fully saturated rings. The van der Waals surface area contributed by atoms with E-state index in [1.807, 2.05) is 17.0 Å². The lowest BCUT2D eigenvalue weighted by molar-refractivity contribution is 0.0741. The molecule has 2 aliphatic rings. The van der Waals surface area contributed by atoms with Gasteiger partial charge in [-0.3, -0.25) is 4.79 Å². The van der Waals surface area contributed by atoms with E-state index < -0.39 is 0 Å². The minimum Gasteiger partial charge on any atom is -0.357 e.